The molecule has 0 spiro atoms. The highest BCUT2D eigenvalue weighted by Crippen LogP contribution is 2.23. The zero-order valence-electron chi connectivity index (χ0n) is 12.6. The van der Waals surface area contributed by atoms with Gasteiger partial charge in [-0.2, -0.15) is 0 Å². The molecule has 1 aromatic heterocycles. The number of phenols is 1. The van der Waals surface area contributed by atoms with Gasteiger partial charge in [-0.3, -0.25) is 4.79 Å². The third-order valence-electron chi connectivity index (χ3n) is 3.56. The van der Waals surface area contributed by atoms with Crippen LogP contribution in [0.25, 0.3) is 10.9 Å². The van der Waals surface area contributed by atoms with E-state index in [0.717, 1.165) is 12.1 Å². The van der Waals surface area contributed by atoms with E-state index in [1.165, 1.54) is 18.2 Å². The quantitative estimate of drug-likeness (QED) is 0.598. The molecule has 26 heavy (non-hydrogen) atoms. The molecule has 2 aromatic carbocycles. The van der Waals surface area contributed by atoms with Crippen LogP contribution in [0.4, 0.5) is 0 Å². The van der Waals surface area contributed by atoms with Gasteiger partial charge in [-0.15, -0.1) is 3.97 Å². The van der Waals surface area contributed by atoms with Gasteiger partial charge in [-0.1, -0.05) is 11.6 Å². The summed E-state index contributed by atoms with van der Waals surface area (Å²) in [5.74, 6) is -2.29. The molecule has 0 aliphatic heterocycles. The third-order valence-corrected chi connectivity index (χ3v) is 5.46. The molecule has 3 aromatic rings. The van der Waals surface area contributed by atoms with Crippen molar-refractivity contribution in [2.75, 3.05) is 0 Å². The number of aromatic carboxylic acids is 1. The number of nitrogens with zero attached hydrogens (tertiary/aromatic N) is 1. The molecule has 0 fully saturated rings. The highest BCUT2D eigenvalue weighted by atomic mass is 35.5. The topological polar surface area (TPSA) is 147 Å². The maximum absolute atomic E-state index is 12.7. The standard InChI is InChI=1S/C15H9ClN2O7S/c16-7-1-3-9-11(5-7)17-15(23)18(13(9)20)26(24,25)8-2-4-10(14(21)22)12(19)6-8/h1-6,19H,(H,17,23)(H,21,22). The van der Waals surface area contributed by atoms with E-state index in [-0.39, 0.29) is 19.9 Å². The zero-order chi connectivity index (χ0) is 19.2. The first-order valence-corrected chi connectivity index (χ1v) is 8.71. The third kappa shape index (κ3) is 2.74. The summed E-state index contributed by atoms with van der Waals surface area (Å²) in [7, 11) is -4.69. The van der Waals surface area contributed by atoms with Gasteiger partial charge in [0, 0.05) is 11.1 Å². The average Bonchev–Trinajstić information content (AvgIpc) is 2.53. The second kappa shape index (κ2) is 6.00. The molecule has 3 rings (SSSR count). The van der Waals surface area contributed by atoms with Crippen molar-refractivity contribution >= 4 is 38.5 Å². The van der Waals surface area contributed by atoms with E-state index >= 15 is 0 Å². The lowest BCUT2D eigenvalue weighted by Gasteiger charge is -2.09. The predicted octanol–water partition coefficient (Wildman–Crippen LogP) is 0.984. The van der Waals surface area contributed by atoms with Crippen molar-refractivity contribution in [3.63, 3.8) is 0 Å². The van der Waals surface area contributed by atoms with Gasteiger partial charge >= 0.3 is 11.7 Å². The van der Waals surface area contributed by atoms with Crippen LogP contribution in [0.2, 0.25) is 5.02 Å². The lowest BCUT2D eigenvalue weighted by Crippen LogP contribution is -2.40. The second-order valence-corrected chi connectivity index (χ2v) is 7.40. The molecule has 0 bridgehead atoms. The van der Waals surface area contributed by atoms with Crippen molar-refractivity contribution in [3.05, 3.63) is 67.8 Å². The Bertz CT molecular complexity index is 1290. The first kappa shape index (κ1) is 17.7. The fraction of sp³-hybridized carbons (Fsp3) is 0. The van der Waals surface area contributed by atoms with Crippen LogP contribution in [0.1, 0.15) is 10.4 Å². The molecule has 11 heteroatoms. The second-order valence-electron chi connectivity index (χ2n) is 5.18. The van der Waals surface area contributed by atoms with Crippen molar-refractivity contribution in [2.24, 2.45) is 0 Å². The molecule has 0 amide bonds. The van der Waals surface area contributed by atoms with Gasteiger partial charge in [0.25, 0.3) is 15.6 Å². The fourth-order valence-corrected chi connectivity index (χ4v) is 3.81. The predicted molar refractivity (Wildman–Crippen MR) is 91.5 cm³/mol. The van der Waals surface area contributed by atoms with E-state index in [1.54, 1.807) is 0 Å². The Labute approximate surface area is 149 Å². The summed E-state index contributed by atoms with van der Waals surface area (Å²) in [6, 6.07) is 6.28. The first-order valence-electron chi connectivity index (χ1n) is 6.89. The van der Waals surface area contributed by atoms with Crippen molar-refractivity contribution in [1.29, 1.82) is 0 Å². The summed E-state index contributed by atoms with van der Waals surface area (Å²) in [6.45, 7) is 0. The number of fused-ring (bicyclic) bond motifs is 1. The molecule has 1 heterocycles. The minimum absolute atomic E-state index is 0.00154. The number of H-pyrrole nitrogens is 1. The molecular weight excluding hydrogens is 388 g/mol. The maximum atomic E-state index is 12.7. The van der Waals surface area contributed by atoms with Gasteiger partial charge in [0.05, 0.1) is 15.8 Å². The molecule has 0 aliphatic rings. The fourth-order valence-electron chi connectivity index (χ4n) is 2.35. The van der Waals surface area contributed by atoms with Crippen molar-refractivity contribution in [3.8, 4) is 5.75 Å². The maximum Gasteiger partial charge on any atom is 0.343 e. The van der Waals surface area contributed by atoms with E-state index in [4.69, 9.17) is 16.7 Å². The highest BCUT2D eigenvalue weighted by Gasteiger charge is 2.25. The van der Waals surface area contributed by atoms with Crippen molar-refractivity contribution in [2.45, 2.75) is 4.90 Å². The number of carboxylic acid groups (broad SMARTS) is 1. The van der Waals surface area contributed by atoms with E-state index in [0.29, 0.717) is 6.07 Å². The molecule has 0 aliphatic carbocycles. The number of aromatic nitrogens is 2. The van der Waals surface area contributed by atoms with Gasteiger partial charge in [0.1, 0.15) is 11.3 Å². The molecule has 3 N–H and O–H groups in total. The number of benzene rings is 2. The van der Waals surface area contributed by atoms with E-state index in [9.17, 15) is 27.9 Å². The number of aromatic amines is 1. The van der Waals surface area contributed by atoms with Gasteiger partial charge in [-0.25, -0.2) is 18.0 Å². The Morgan fingerprint density at radius 2 is 1.81 bits per heavy atom. The Hall–Kier alpha value is -3.11. The Kier molecular flexibility index (Phi) is 4.09. The smallest absolute Gasteiger partial charge is 0.343 e. The molecule has 0 atom stereocenters. The summed E-state index contributed by atoms with van der Waals surface area (Å²) < 4.78 is 25.4. The van der Waals surface area contributed by atoms with Crippen LogP contribution >= 0.6 is 11.6 Å². The Morgan fingerprint density at radius 1 is 1.12 bits per heavy atom. The van der Waals surface area contributed by atoms with Gasteiger partial charge < -0.3 is 15.2 Å². The van der Waals surface area contributed by atoms with Crippen LogP contribution in [-0.2, 0) is 10.0 Å². The van der Waals surface area contributed by atoms with Crippen LogP contribution < -0.4 is 11.2 Å². The van der Waals surface area contributed by atoms with Gasteiger partial charge in [0.2, 0.25) is 0 Å². The van der Waals surface area contributed by atoms with Crippen LogP contribution in [0.5, 0.6) is 5.75 Å². The lowest BCUT2D eigenvalue weighted by molar-refractivity contribution is 0.0693. The van der Waals surface area contributed by atoms with Crippen LogP contribution in [-0.4, -0.2) is 33.6 Å². The first-order chi connectivity index (χ1) is 12.1. The summed E-state index contributed by atoms with van der Waals surface area (Å²) in [5, 5.41) is 18.7. The number of carboxylic acids is 1. The highest BCUT2D eigenvalue weighted by molar-refractivity contribution is 7.90. The molecule has 134 valence electrons. The van der Waals surface area contributed by atoms with Crippen molar-refractivity contribution in [1.82, 2.24) is 8.96 Å². The number of rotatable bonds is 3. The monoisotopic (exact) mass is 396 g/mol. The average molecular weight is 397 g/mol. The molecule has 0 radical (unpaired) electrons. The van der Waals surface area contributed by atoms with Gasteiger partial charge in [0.15, 0.2) is 0 Å². The molecular formula is C15H9ClN2O7S. The molecule has 0 saturated heterocycles. The largest absolute Gasteiger partial charge is 0.507 e. The number of hydrogen-bond acceptors (Lipinski definition) is 6. The number of nitrogens with one attached hydrogen (secondary N) is 1. The summed E-state index contributed by atoms with van der Waals surface area (Å²) in [6.07, 6.45) is 0. The van der Waals surface area contributed by atoms with Gasteiger partial charge in [-0.05, 0) is 30.3 Å². The van der Waals surface area contributed by atoms with E-state index < -0.39 is 43.5 Å². The molecule has 0 unspecified atom stereocenters. The summed E-state index contributed by atoms with van der Waals surface area (Å²) in [4.78, 5) is 37.2. The molecule has 9 nitrogen and oxygen atoms in total. The minimum atomic E-state index is -4.69. The Morgan fingerprint density at radius 3 is 2.42 bits per heavy atom. The minimum Gasteiger partial charge on any atom is -0.507 e. The van der Waals surface area contributed by atoms with Crippen LogP contribution in [0, 0.1) is 0 Å². The SMILES string of the molecule is O=C(O)c1ccc(S(=O)(=O)n2c(=O)[nH]c3cc(Cl)ccc3c2=O)cc1O. The number of aromatic hydroxyl groups is 1. The van der Waals surface area contributed by atoms with Crippen molar-refractivity contribution < 1.29 is 23.4 Å². The zero-order valence-corrected chi connectivity index (χ0v) is 14.2. The van der Waals surface area contributed by atoms with E-state index in [1.807, 2.05) is 0 Å². The van der Waals surface area contributed by atoms with E-state index in [2.05, 4.69) is 4.98 Å². The lowest BCUT2D eigenvalue weighted by atomic mass is 10.2. The summed E-state index contributed by atoms with van der Waals surface area (Å²) in [5.41, 5.74) is -2.81. The number of carbonyl (C=O) groups is 1. The Balaban J connectivity index is 2.30. The normalized spacial score (nSPS) is 11.6. The number of hydrogen-bond donors (Lipinski definition) is 3. The summed E-state index contributed by atoms with van der Waals surface area (Å²) >= 11 is 5.78. The van der Waals surface area contributed by atoms with Crippen LogP contribution in [0.3, 0.4) is 0 Å². The molecule has 0 saturated carbocycles. The van der Waals surface area contributed by atoms with Crippen LogP contribution in [0.15, 0.2) is 50.9 Å². The number of halogens is 1.